The molecule has 18 heavy (non-hydrogen) atoms. The topological polar surface area (TPSA) is 80.5 Å². The molecule has 0 aliphatic rings. The van der Waals surface area contributed by atoms with Crippen LogP contribution < -0.4 is 5.73 Å². The first kappa shape index (κ1) is 11.9. The summed E-state index contributed by atoms with van der Waals surface area (Å²) in [6.07, 6.45) is -3.53. The number of alkyl halides is 3. The molecular formula is C10H6F3N5. The molecule has 1 aromatic heterocycles. The van der Waals surface area contributed by atoms with Gasteiger partial charge in [-0.2, -0.15) is 18.4 Å². The van der Waals surface area contributed by atoms with Crippen molar-refractivity contribution in [1.82, 2.24) is 14.8 Å². The third-order valence-corrected chi connectivity index (χ3v) is 2.16. The summed E-state index contributed by atoms with van der Waals surface area (Å²) in [7, 11) is 0. The maximum absolute atomic E-state index is 12.8. The molecule has 5 nitrogen and oxygen atoms in total. The number of nitrogen functional groups attached to an aromatic ring is 1. The van der Waals surface area contributed by atoms with Crippen LogP contribution in [0.5, 0.6) is 0 Å². The monoisotopic (exact) mass is 253 g/mol. The Morgan fingerprint density at radius 3 is 2.61 bits per heavy atom. The maximum Gasteiger partial charge on any atom is 0.418 e. The number of nitrogens with two attached hydrogens (primary N) is 1. The van der Waals surface area contributed by atoms with Crippen LogP contribution in [0, 0.1) is 11.3 Å². The Morgan fingerprint density at radius 1 is 1.33 bits per heavy atom. The second-order valence-electron chi connectivity index (χ2n) is 3.40. The fourth-order valence-electron chi connectivity index (χ4n) is 1.41. The fraction of sp³-hybridized carbons (Fsp3) is 0.100. The zero-order valence-electron chi connectivity index (χ0n) is 8.81. The van der Waals surface area contributed by atoms with Crippen molar-refractivity contribution in [3.8, 4) is 11.8 Å². The third kappa shape index (κ3) is 2.10. The predicted octanol–water partition coefficient (Wildman–Crippen LogP) is 1.74. The van der Waals surface area contributed by atoms with Crippen molar-refractivity contribution >= 4 is 5.69 Å². The van der Waals surface area contributed by atoms with E-state index in [9.17, 15) is 13.2 Å². The predicted molar refractivity (Wildman–Crippen MR) is 55.5 cm³/mol. The highest BCUT2D eigenvalue weighted by Gasteiger charge is 2.34. The number of hydrogen-bond donors (Lipinski definition) is 1. The summed E-state index contributed by atoms with van der Waals surface area (Å²) in [6.45, 7) is 0. The number of aromatic nitrogens is 3. The zero-order valence-corrected chi connectivity index (χ0v) is 8.81. The van der Waals surface area contributed by atoms with Crippen molar-refractivity contribution in [2.45, 2.75) is 6.18 Å². The summed E-state index contributed by atoms with van der Waals surface area (Å²) < 4.78 is 39.4. The van der Waals surface area contributed by atoms with Gasteiger partial charge in [0.1, 0.15) is 12.4 Å². The van der Waals surface area contributed by atoms with Gasteiger partial charge in [-0.15, -0.1) is 5.10 Å². The third-order valence-electron chi connectivity index (χ3n) is 2.16. The molecule has 2 N–H and O–H groups in total. The highest BCUT2D eigenvalue weighted by Crippen LogP contribution is 2.34. The molecule has 0 saturated heterocycles. The first-order valence-electron chi connectivity index (χ1n) is 4.70. The lowest BCUT2D eigenvalue weighted by molar-refractivity contribution is -0.137. The summed E-state index contributed by atoms with van der Waals surface area (Å²) in [4.78, 5) is 3.55. The van der Waals surface area contributed by atoms with E-state index in [1.165, 1.54) is 12.1 Å². The highest BCUT2D eigenvalue weighted by atomic mass is 19.4. The van der Waals surface area contributed by atoms with Crippen molar-refractivity contribution < 1.29 is 13.2 Å². The van der Waals surface area contributed by atoms with E-state index >= 15 is 0 Å². The molecule has 1 aromatic carbocycles. The Hall–Kier alpha value is -2.56. The molecule has 92 valence electrons. The van der Waals surface area contributed by atoms with Gasteiger partial charge in [0.25, 0.3) is 5.82 Å². The molecule has 0 aliphatic heterocycles. The minimum absolute atomic E-state index is 0.00769. The van der Waals surface area contributed by atoms with Gasteiger partial charge in [0.05, 0.1) is 11.3 Å². The minimum atomic E-state index is -4.57. The quantitative estimate of drug-likeness (QED) is 0.785. The standard InChI is InChI=1S/C10H6F3N5/c11-10(12,13)7-3-6(15)1-2-8(7)18-5-16-9(4-14)17-18/h1-3,5H,15H2. The SMILES string of the molecule is N#Cc1ncn(-c2ccc(N)cc2C(F)(F)F)n1. The highest BCUT2D eigenvalue weighted by molar-refractivity contribution is 5.52. The Morgan fingerprint density at radius 2 is 2.06 bits per heavy atom. The number of nitriles is 1. The van der Waals surface area contributed by atoms with E-state index in [4.69, 9.17) is 11.0 Å². The van der Waals surface area contributed by atoms with Crippen molar-refractivity contribution in [2.24, 2.45) is 0 Å². The first-order valence-corrected chi connectivity index (χ1v) is 4.70. The van der Waals surface area contributed by atoms with E-state index in [-0.39, 0.29) is 17.2 Å². The lowest BCUT2D eigenvalue weighted by Gasteiger charge is -2.12. The van der Waals surface area contributed by atoms with Crippen LogP contribution in [-0.4, -0.2) is 14.8 Å². The molecule has 0 amide bonds. The lowest BCUT2D eigenvalue weighted by Crippen LogP contribution is -2.12. The molecule has 0 unspecified atom stereocenters. The van der Waals surface area contributed by atoms with Crippen LogP contribution in [0.15, 0.2) is 24.5 Å². The first-order chi connectivity index (χ1) is 8.41. The Kier molecular flexibility index (Phi) is 2.67. The van der Waals surface area contributed by atoms with Crippen LogP contribution in [0.3, 0.4) is 0 Å². The molecule has 1 heterocycles. The van der Waals surface area contributed by atoms with Crippen molar-refractivity contribution in [3.63, 3.8) is 0 Å². The number of halogens is 3. The van der Waals surface area contributed by atoms with Crippen LogP contribution in [0.25, 0.3) is 5.69 Å². The minimum Gasteiger partial charge on any atom is -0.399 e. The van der Waals surface area contributed by atoms with Gasteiger partial charge in [-0.1, -0.05) is 0 Å². The number of rotatable bonds is 1. The Balaban J connectivity index is 2.61. The van der Waals surface area contributed by atoms with Crippen LogP contribution in [-0.2, 0) is 6.18 Å². The normalized spacial score (nSPS) is 11.2. The van der Waals surface area contributed by atoms with Gasteiger partial charge < -0.3 is 5.73 Å². The summed E-state index contributed by atoms with van der Waals surface area (Å²) in [5.41, 5.74) is 4.16. The largest absolute Gasteiger partial charge is 0.418 e. The molecule has 0 aliphatic carbocycles. The summed E-state index contributed by atoms with van der Waals surface area (Å²) >= 11 is 0. The van der Waals surface area contributed by atoms with Crippen LogP contribution in [0.2, 0.25) is 0 Å². The molecule has 0 radical (unpaired) electrons. The summed E-state index contributed by atoms with van der Waals surface area (Å²) in [5.74, 6) is -0.208. The molecule has 0 bridgehead atoms. The van der Waals surface area contributed by atoms with Gasteiger partial charge >= 0.3 is 6.18 Å². The number of hydrogen-bond acceptors (Lipinski definition) is 4. The Labute approximate surface area is 99.3 Å². The molecule has 0 spiro atoms. The van der Waals surface area contributed by atoms with Crippen molar-refractivity contribution in [1.29, 1.82) is 5.26 Å². The van der Waals surface area contributed by atoms with E-state index in [2.05, 4.69) is 10.1 Å². The fourth-order valence-corrected chi connectivity index (χ4v) is 1.41. The average molecular weight is 253 g/mol. The molecule has 0 fully saturated rings. The molecular weight excluding hydrogens is 247 g/mol. The number of anilines is 1. The summed E-state index contributed by atoms with van der Waals surface area (Å²) in [6, 6.07) is 4.94. The average Bonchev–Trinajstić information content (AvgIpc) is 2.76. The molecule has 2 aromatic rings. The van der Waals surface area contributed by atoms with Crippen LogP contribution in [0.4, 0.5) is 18.9 Å². The smallest absolute Gasteiger partial charge is 0.399 e. The van der Waals surface area contributed by atoms with E-state index in [1.54, 1.807) is 6.07 Å². The summed E-state index contributed by atoms with van der Waals surface area (Å²) in [5, 5.41) is 12.1. The second kappa shape index (κ2) is 4.03. The van der Waals surface area contributed by atoms with Crippen LogP contribution >= 0.6 is 0 Å². The van der Waals surface area contributed by atoms with Gasteiger partial charge in [0, 0.05) is 5.69 Å². The number of benzene rings is 1. The molecule has 2 rings (SSSR count). The van der Waals surface area contributed by atoms with Gasteiger partial charge in [0.2, 0.25) is 0 Å². The van der Waals surface area contributed by atoms with E-state index in [1.807, 2.05) is 0 Å². The van der Waals surface area contributed by atoms with Crippen molar-refractivity contribution in [3.05, 3.63) is 35.9 Å². The molecule has 0 saturated carbocycles. The van der Waals surface area contributed by atoms with Crippen molar-refractivity contribution in [2.75, 3.05) is 5.73 Å². The van der Waals surface area contributed by atoms with E-state index < -0.39 is 11.7 Å². The lowest BCUT2D eigenvalue weighted by atomic mass is 10.1. The maximum atomic E-state index is 12.8. The van der Waals surface area contributed by atoms with Crippen LogP contribution in [0.1, 0.15) is 11.4 Å². The van der Waals surface area contributed by atoms with Gasteiger partial charge in [-0.05, 0) is 18.2 Å². The zero-order chi connectivity index (χ0) is 13.3. The molecule has 0 atom stereocenters. The van der Waals surface area contributed by atoms with E-state index in [0.717, 1.165) is 17.1 Å². The number of nitrogens with zero attached hydrogens (tertiary/aromatic N) is 4. The Bertz CT molecular complexity index is 623. The second-order valence-corrected chi connectivity index (χ2v) is 3.40. The van der Waals surface area contributed by atoms with Gasteiger partial charge in [-0.3, -0.25) is 0 Å². The molecule has 8 heteroatoms. The van der Waals surface area contributed by atoms with Gasteiger partial charge in [0.15, 0.2) is 0 Å². The van der Waals surface area contributed by atoms with E-state index in [0.29, 0.717) is 0 Å². The van der Waals surface area contributed by atoms with Gasteiger partial charge in [-0.25, -0.2) is 9.67 Å².